The summed E-state index contributed by atoms with van der Waals surface area (Å²) in [5.74, 6) is 1.18. The van der Waals surface area contributed by atoms with Crippen LogP contribution < -0.4 is 0 Å². The van der Waals surface area contributed by atoms with Gasteiger partial charge in [0.15, 0.2) is 0 Å². The van der Waals surface area contributed by atoms with Gasteiger partial charge in [-0.15, -0.1) is 13.2 Å². The van der Waals surface area contributed by atoms with Crippen LogP contribution in [0, 0.1) is 11.8 Å². The van der Waals surface area contributed by atoms with E-state index in [0.29, 0.717) is 24.5 Å². The van der Waals surface area contributed by atoms with Gasteiger partial charge >= 0.3 is 0 Å². The lowest BCUT2D eigenvalue weighted by molar-refractivity contribution is -0.984. The minimum Gasteiger partial charge on any atom is -0.363 e. The Balaban J connectivity index is 1.41. The maximum absolute atomic E-state index is 6.80. The van der Waals surface area contributed by atoms with E-state index in [1.165, 1.54) is 44.5 Å². The largest absolute Gasteiger partial charge is 0.363 e. The third kappa shape index (κ3) is 4.16. The normalized spacial score (nSPS) is 24.9. The molecule has 3 aliphatic heterocycles. The second-order valence-electron chi connectivity index (χ2n) is 11.8. The van der Waals surface area contributed by atoms with Crippen molar-refractivity contribution in [2.45, 2.75) is 31.5 Å². The van der Waals surface area contributed by atoms with Crippen molar-refractivity contribution in [3.05, 3.63) is 128 Å². The van der Waals surface area contributed by atoms with Gasteiger partial charge in [-0.3, -0.25) is 4.98 Å². The summed E-state index contributed by atoms with van der Waals surface area (Å²) in [4.78, 5) is 4.68. The van der Waals surface area contributed by atoms with Crippen LogP contribution in [0.15, 0.2) is 116 Å². The van der Waals surface area contributed by atoms with Crippen molar-refractivity contribution < 1.29 is 9.22 Å². The molecule has 0 amide bonds. The third-order valence-corrected chi connectivity index (χ3v) is 9.76. The molecular formula is C37H37N2O+. The monoisotopic (exact) mass is 525 g/mol. The first-order valence-corrected chi connectivity index (χ1v) is 14.6. The Morgan fingerprint density at radius 2 is 1.60 bits per heavy atom. The molecule has 0 radical (unpaired) electrons. The topological polar surface area (TPSA) is 22.1 Å². The van der Waals surface area contributed by atoms with E-state index in [4.69, 9.17) is 4.74 Å². The number of quaternary nitrogens is 1. The van der Waals surface area contributed by atoms with E-state index in [0.717, 1.165) is 36.1 Å². The molecule has 3 aliphatic rings. The van der Waals surface area contributed by atoms with Gasteiger partial charge in [-0.1, -0.05) is 78.9 Å². The van der Waals surface area contributed by atoms with E-state index in [2.05, 4.69) is 109 Å². The number of rotatable bonds is 8. The summed E-state index contributed by atoms with van der Waals surface area (Å²) in [6.07, 6.45) is 8.41. The third-order valence-electron chi connectivity index (χ3n) is 9.76. The number of fused-ring (bicyclic) bond motifs is 6. The minimum absolute atomic E-state index is 0.0410. The molecule has 5 aromatic rings. The Hall–Kier alpha value is -3.79. The fraction of sp³-hybridized carbons (Fsp3) is 0.270. The molecular weight excluding hydrogens is 488 g/mol. The average Bonchev–Trinajstić information content (AvgIpc) is 3.01. The van der Waals surface area contributed by atoms with Crippen LogP contribution >= 0.6 is 0 Å². The Morgan fingerprint density at radius 3 is 2.33 bits per heavy atom. The Morgan fingerprint density at radius 1 is 0.900 bits per heavy atom. The molecule has 0 N–H and O–H groups in total. The molecule has 3 fully saturated rings. The van der Waals surface area contributed by atoms with Crippen molar-refractivity contribution in [3.63, 3.8) is 0 Å². The first-order chi connectivity index (χ1) is 19.7. The van der Waals surface area contributed by atoms with Crippen LogP contribution in [0.2, 0.25) is 0 Å². The number of ether oxygens (including phenoxy) is 1. The van der Waals surface area contributed by atoms with Crippen LogP contribution in [0.5, 0.6) is 0 Å². The molecule has 3 heteroatoms. The van der Waals surface area contributed by atoms with Crippen LogP contribution in [0.3, 0.4) is 0 Å². The number of benzene rings is 4. The summed E-state index contributed by atoms with van der Waals surface area (Å²) in [6.45, 7) is 12.1. The number of para-hydroxylation sites is 1. The number of piperidine rings is 3. The molecule has 0 saturated carbocycles. The van der Waals surface area contributed by atoms with E-state index in [1.54, 1.807) is 0 Å². The predicted octanol–water partition coefficient (Wildman–Crippen LogP) is 8.40. The summed E-state index contributed by atoms with van der Waals surface area (Å²) in [7, 11) is 0. The fourth-order valence-corrected chi connectivity index (χ4v) is 7.90. The molecule has 3 nitrogen and oxygen atoms in total. The predicted molar refractivity (Wildman–Crippen MR) is 166 cm³/mol. The Labute approximate surface area is 237 Å². The molecule has 40 heavy (non-hydrogen) atoms. The van der Waals surface area contributed by atoms with Crippen LogP contribution in [-0.2, 0) is 11.3 Å². The quantitative estimate of drug-likeness (QED) is 0.115. The summed E-state index contributed by atoms with van der Waals surface area (Å²) in [5.41, 5.74) is 3.74. The van der Waals surface area contributed by atoms with Gasteiger partial charge in [0.1, 0.15) is 18.7 Å². The number of hydrogen-bond donors (Lipinski definition) is 0. The van der Waals surface area contributed by atoms with Gasteiger partial charge in [0.25, 0.3) is 0 Å². The van der Waals surface area contributed by atoms with Crippen LogP contribution in [-0.4, -0.2) is 35.2 Å². The molecule has 3 saturated heterocycles. The summed E-state index contributed by atoms with van der Waals surface area (Å²) in [6, 6.07) is 31.2. The second kappa shape index (κ2) is 10.3. The van der Waals surface area contributed by atoms with E-state index in [1.807, 2.05) is 12.3 Å². The zero-order valence-corrected chi connectivity index (χ0v) is 23.1. The molecule has 5 atom stereocenters. The zero-order valence-electron chi connectivity index (χ0n) is 23.1. The molecule has 0 aliphatic carbocycles. The van der Waals surface area contributed by atoms with Crippen molar-refractivity contribution in [1.29, 1.82) is 0 Å². The van der Waals surface area contributed by atoms with Crippen LogP contribution in [0.1, 0.15) is 30.1 Å². The number of pyridine rings is 1. The van der Waals surface area contributed by atoms with Gasteiger partial charge in [-0.2, -0.15) is 0 Å². The van der Waals surface area contributed by atoms with Crippen LogP contribution in [0.4, 0.5) is 0 Å². The second-order valence-corrected chi connectivity index (χ2v) is 11.8. The highest BCUT2D eigenvalue weighted by Gasteiger charge is 2.54. The van der Waals surface area contributed by atoms with Gasteiger partial charge in [0.2, 0.25) is 0 Å². The van der Waals surface area contributed by atoms with Crippen LogP contribution in [0.25, 0.3) is 32.4 Å². The zero-order chi connectivity index (χ0) is 27.1. The first-order valence-electron chi connectivity index (χ1n) is 14.6. The van der Waals surface area contributed by atoms with E-state index in [9.17, 15) is 0 Å². The maximum atomic E-state index is 6.80. The Bertz CT molecular complexity index is 1670. The molecule has 4 aromatic carbocycles. The first kappa shape index (κ1) is 25.2. The lowest BCUT2D eigenvalue weighted by Gasteiger charge is -2.58. The van der Waals surface area contributed by atoms with Gasteiger partial charge < -0.3 is 9.22 Å². The minimum atomic E-state index is -0.0410. The molecule has 2 bridgehead atoms. The lowest BCUT2D eigenvalue weighted by Crippen LogP contribution is -2.67. The molecule has 4 heterocycles. The van der Waals surface area contributed by atoms with Gasteiger partial charge in [-0.05, 0) is 51.2 Å². The van der Waals surface area contributed by atoms with E-state index in [-0.39, 0.29) is 6.10 Å². The van der Waals surface area contributed by atoms with Crippen molar-refractivity contribution in [2.75, 3.05) is 19.7 Å². The van der Waals surface area contributed by atoms with Crippen molar-refractivity contribution in [1.82, 2.24) is 4.98 Å². The molecule has 0 unspecified atom stereocenters. The van der Waals surface area contributed by atoms with Crippen molar-refractivity contribution in [3.8, 4) is 0 Å². The molecule has 1 aromatic heterocycles. The molecule has 0 spiro atoms. The van der Waals surface area contributed by atoms with Gasteiger partial charge in [0, 0.05) is 35.9 Å². The van der Waals surface area contributed by atoms with Gasteiger partial charge in [0.05, 0.1) is 25.2 Å². The number of aromatic nitrogens is 1. The number of hydrogen-bond acceptors (Lipinski definition) is 2. The highest BCUT2D eigenvalue weighted by Crippen LogP contribution is 2.50. The van der Waals surface area contributed by atoms with Gasteiger partial charge in [-0.25, -0.2) is 0 Å². The van der Waals surface area contributed by atoms with E-state index < -0.39 is 0 Å². The van der Waals surface area contributed by atoms with Crippen molar-refractivity contribution in [2.24, 2.45) is 11.8 Å². The number of nitrogens with zero attached hydrogens (tertiary/aromatic N) is 2. The van der Waals surface area contributed by atoms with Crippen molar-refractivity contribution >= 4 is 32.4 Å². The smallest absolute Gasteiger partial charge is 0.135 e. The fourth-order valence-electron chi connectivity index (χ4n) is 7.90. The summed E-state index contributed by atoms with van der Waals surface area (Å²) in [5, 5.41) is 6.56. The highest BCUT2D eigenvalue weighted by molar-refractivity contribution is 6.02. The molecule has 200 valence electrons. The standard InChI is InChI=1S/C37H37N2O/c1-3-21-40-37(33-17-19-38-35-16-10-9-15-32(33)35)36-23-27-18-20-39(36,24-26(27)4-2)25-34-30-13-7-5-11-28(30)22-29-12-6-8-14-31(29)34/h3-17,19,22,26-27,36-37H,1-2,18,20-21,23-25H2/q+1/t26-,27+,36-,37+,39-/m0/s1. The average molecular weight is 526 g/mol. The summed E-state index contributed by atoms with van der Waals surface area (Å²) < 4.78 is 7.81. The molecule has 8 rings (SSSR count). The summed E-state index contributed by atoms with van der Waals surface area (Å²) >= 11 is 0. The Kier molecular flexibility index (Phi) is 6.50. The maximum Gasteiger partial charge on any atom is 0.135 e. The van der Waals surface area contributed by atoms with E-state index >= 15 is 0 Å². The lowest BCUT2D eigenvalue weighted by atomic mass is 9.70. The highest BCUT2D eigenvalue weighted by atomic mass is 16.5. The SMILES string of the molecule is C=CCO[C@H](c1ccnc2ccccc12)[C@@H]1C[C@H]2CC[N@@+]1(Cc1c3ccccc3cc3ccccc13)C[C@@H]2C=C.